The number of carbonyl (C=O) groups is 1. The lowest BCUT2D eigenvalue weighted by Crippen LogP contribution is -2.14. The van der Waals surface area contributed by atoms with Crippen LogP contribution < -0.4 is 15.8 Å². The third-order valence-electron chi connectivity index (χ3n) is 6.20. The summed E-state index contributed by atoms with van der Waals surface area (Å²) >= 11 is 0. The third-order valence-corrected chi connectivity index (χ3v) is 6.20. The molecular formula is C25H26N6O3. The molecule has 0 bridgehead atoms. The van der Waals surface area contributed by atoms with Crippen molar-refractivity contribution < 1.29 is 14.3 Å². The Kier molecular flexibility index (Phi) is 5.99. The summed E-state index contributed by atoms with van der Waals surface area (Å²) in [5, 5.41) is 3.57. The average Bonchev–Trinajstić information content (AvgIpc) is 3.52. The van der Waals surface area contributed by atoms with Crippen LogP contribution >= 0.6 is 0 Å². The Hall–Kier alpha value is -4.14. The van der Waals surface area contributed by atoms with E-state index in [0.29, 0.717) is 23.3 Å². The van der Waals surface area contributed by atoms with Gasteiger partial charge >= 0.3 is 6.09 Å². The minimum atomic E-state index is -0.578. The maximum atomic E-state index is 12.3. The Morgan fingerprint density at radius 1 is 1.24 bits per heavy atom. The quantitative estimate of drug-likeness (QED) is 0.420. The van der Waals surface area contributed by atoms with Gasteiger partial charge in [-0.2, -0.15) is 0 Å². The molecule has 4 aromatic rings. The number of pyridine rings is 1. The fraction of sp³-hybridized carbons (Fsp3) is 0.280. The number of carbonyl (C=O) groups excluding carboxylic acids is 1. The maximum Gasteiger partial charge on any atom is 0.412 e. The van der Waals surface area contributed by atoms with Crippen molar-refractivity contribution in [1.82, 2.24) is 19.5 Å². The number of hydrogen-bond donors (Lipinski definition) is 2. The number of methoxy groups -OCH3 is 1. The number of nitrogens with one attached hydrogen (secondary N) is 1. The first-order valence-electron chi connectivity index (χ1n) is 11.3. The van der Waals surface area contributed by atoms with Crippen LogP contribution in [0.3, 0.4) is 0 Å². The fourth-order valence-corrected chi connectivity index (χ4v) is 4.53. The van der Waals surface area contributed by atoms with Crippen LogP contribution in [-0.2, 0) is 11.3 Å². The molecule has 0 radical (unpaired) electrons. The van der Waals surface area contributed by atoms with E-state index in [2.05, 4.69) is 31.0 Å². The van der Waals surface area contributed by atoms with Gasteiger partial charge in [-0.3, -0.25) is 10.3 Å². The number of hydrogen-bond acceptors (Lipinski definition) is 7. The molecule has 1 aromatic carbocycles. The lowest BCUT2D eigenvalue weighted by atomic mass is 10.0. The molecule has 3 N–H and O–H groups in total. The summed E-state index contributed by atoms with van der Waals surface area (Å²) < 4.78 is 13.1. The van der Waals surface area contributed by atoms with E-state index < -0.39 is 6.09 Å². The van der Waals surface area contributed by atoms with Gasteiger partial charge in [0.2, 0.25) is 0 Å². The summed E-state index contributed by atoms with van der Waals surface area (Å²) in [6.07, 6.45) is 11.0. The molecule has 0 atom stereocenters. The van der Waals surface area contributed by atoms with Crippen LogP contribution in [-0.4, -0.2) is 32.7 Å². The zero-order valence-electron chi connectivity index (χ0n) is 18.9. The number of ether oxygens (including phenoxy) is 2. The first-order chi connectivity index (χ1) is 16.6. The zero-order chi connectivity index (χ0) is 23.5. The summed E-state index contributed by atoms with van der Waals surface area (Å²) in [4.78, 5) is 25.1. The number of benzene rings is 1. The van der Waals surface area contributed by atoms with E-state index in [0.717, 1.165) is 40.6 Å². The lowest BCUT2D eigenvalue weighted by molar-refractivity contribution is 0.155. The summed E-state index contributed by atoms with van der Waals surface area (Å²) in [5.74, 6) is 0.949. The Balaban J connectivity index is 1.42. The second-order valence-electron chi connectivity index (χ2n) is 8.32. The summed E-state index contributed by atoms with van der Waals surface area (Å²) in [7, 11) is 1.56. The number of fused-ring (bicyclic) bond motifs is 1. The highest BCUT2D eigenvalue weighted by molar-refractivity contribution is 6.01. The van der Waals surface area contributed by atoms with Gasteiger partial charge in [0, 0.05) is 35.8 Å². The first kappa shape index (κ1) is 21.7. The van der Waals surface area contributed by atoms with Crippen molar-refractivity contribution in [3.63, 3.8) is 0 Å². The minimum Gasteiger partial charge on any atom is -0.495 e. The van der Waals surface area contributed by atoms with Crippen LogP contribution in [0.15, 0.2) is 55.2 Å². The molecular weight excluding hydrogens is 432 g/mol. The molecule has 1 aliphatic carbocycles. The van der Waals surface area contributed by atoms with Gasteiger partial charge in [0.25, 0.3) is 0 Å². The van der Waals surface area contributed by atoms with Crippen molar-refractivity contribution >= 4 is 28.6 Å². The van der Waals surface area contributed by atoms with Gasteiger partial charge in [-0.15, -0.1) is 0 Å². The number of rotatable bonds is 6. The fourth-order valence-electron chi connectivity index (χ4n) is 4.53. The molecule has 1 fully saturated rings. The Morgan fingerprint density at radius 3 is 2.85 bits per heavy atom. The number of amides is 1. The molecule has 0 aliphatic heterocycles. The molecule has 1 aliphatic rings. The van der Waals surface area contributed by atoms with Gasteiger partial charge in [-0.05, 0) is 36.6 Å². The SMILES string of the molecule is COc1cc(-c2cn(C3CCCC3)c3ncnc(N)c23)ccc1NC(=O)OCc1cccnc1. The molecule has 34 heavy (non-hydrogen) atoms. The topological polar surface area (TPSA) is 117 Å². The normalized spacial score (nSPS) is 13.8. The van der Waals surface area contributed by atoms with Crippen LogP contribution in [0.4, 0.5) is 16.3 Å². The predicted molar refractivity (Wildman–Crippen MR) is 129 cm³/mol. The summed E-state index contributed by atoms with van der Waals surface area (Å²) in [6.45, 7) is 0.125. The van der Waals surface area contributed by atoms with Crippen LogP contribution in [0.2, 0.25) is 0 Å². The van der Waals surface area contributed by atoms with E-state index in [1.165, 1.54) is 19.2 Å². The number of anilines is 2. The van der Waals surface area contributed by atoms with Crippen molar-refractivity contribution in [2.75, 3.05) is 18.2 Å². The van der Waals surface area contributed by atoms with Gasteiger partial charge in [0.15, 0.2) is 0 Å². The Labute approximate surface area is 196 Å². The third kappa shape index (κ3) is 4.24. The summed E-state index contributed by atoms with van der Waals surface area (Å²) in [5.41, 5.74) is 10.3. The van der Waals surface area contributed by atoms with Gasteiger partial charge < -0.3 is 19.8 Å². The number of nitrogens with two attached hydrogens (primary N) is 1. The molecule has 5 rings (SSSR count). The molecule has 174 valence electrons. The molecule has 9 nitrogen and oxygen atoms in total. The van der Waals surface area contributed by atoms with Gasteiger partial charge in [0.05, 0.1) is 18.2 Å². The number of nitrogen functional groups attached to an aromatic ring is 1. The second-order valence-corrected chi connectivity index (χ2v) is 8.32. The van der Waals surface area contributed by atoms with Crippen LogP contribution in [0.25, 0.3) is 22.2 Å². The van der Waals surface area contributed by atoms with E-state index in [-0.39, 0.29) is 6.61 Å². The van der Waals surface area contributed by atoms with Crippen molar-refractivity contribution in [3.8, 4) is 16.9 Å². The molecule has 0 spiro atoms. The lowest BCUT2D eigenvalue weighted by Gasteiger charge is -2.13. The smallest absolute Gasteiger partial charge is 0.412 e. The monoisotopic (exact) mass is 458 g/mol. The van der Waals surface area contributed by atoms with Gasteiger partial charge in [-0.25, -0.2) is 14.8 Å². The van der Waals surface area contributed by atoms with E-state index in [1.54, 1.807) is 31.6 Å². The number of nitrogens with zero attached hydrogens (tertiary/aromatic N) is 4. The van der Waals surface area contributed by atoms with Gasteiger partial charge in [-0.1, -0.05) is 25.0 Å². The minimum absolute atomic E-state index is 0.125. The van der Waals surface area contributed by atoms with Crippen molar-refractivity contribution in [2.24, 2.45) is 0 Å². The van der Waals surface area contributed by atoms with E-state index in [4.69, 9.17) is 15.2 Å². The van der Waals surface area contributed by atoms with Crippen molar-refractivity contribution in [3.05, 3.63) is 60.8 Å². The van der Waals surface area contributed by atoms with Gasteiger partial charge in [0.1, 0.15) is 30.1 Å². The molecule has 3 heterocycles. The Morgan fingerprint density at radius 2 is 2.09 bits per heavy atom. The van der Waals surface area contributed by atoms with Crippen molar-refractivity contribution in [1.29, 1.82) is 0 Å². The Bertz CT molecular complexity index is 1320. The van der Waals surface area contributed by atoms with Crippen molar-refractivity contribution in [2.45, 2.75) is 38.3 Å². The largest absolute Gasteiger partial charge is 0.495 e. The highest BCUT2D eigenvalue weighted by Crippen LogP contribution is 2.40. The average molecular weight is 459 g/mol. The standard InChI is InChI=1S/C25H26N6O3/c1-33-21-11-17(8-9-20(21)30-25(32)34-14-16-5-4-10-27-12-16)19-13-31(18-6-2-3-7-18)24-22(19)23(26)28-15-29-24/h4-5,8-13,15,18H,2-3,6-7,14H2,1H3,(H,30,32)(H2,26,28,29). The van der Waals surface area contributed by atoms with E-state index in [1.807, 2.05) is 18.2 Å². The molecule has 9 heteroatoms. The molecule has 0 unspecified atom stereocenters. The predicted octanol–water partition coefficient (Wildman–Crippen LogP) is 4.95. The first-order valence-corrected chi connectivity index (χ1v) is 11.3. The second kappa shape index (κ2) is 9.38. The van der Waals surface area contributed by atoms with Crippen LogP contribution in [0.1, 0.15) is 37.3 Å². The zero-order valence-corrected chi connectivity index (χ0v) is 18.9. The molecule has 3 aromatic heterocycles. The maximum absolute atomic E-state index is 12.3. The van der Waals surface area contributed by atoms with E-state index in [9.17, 15) is 4.79 Å². The summed E-state index contributed by atoms with van der Waals surface area (Å²) in [6, 6.07) is 9.62. The number of aromatic nitrogens is 4. The molecule has 1 saturated carbocycles. The highest BCUT2D eigenvalue weighted by atomic mass is 16.5. The molecule has 0 saturated heterocycles. The highest BCUT2D eigenvalue weighted by Gasteiger charge is 2.23. The van der Waals surface area contributed by atoms with E-state index >= 15 is 0 Å². The van der Waals surface area contributed by atoms with Crippen LogP contribution in [0, 0.1) is 0 Å². The van der Waals surface area contributed by atoms with Crippen LogP contribution in [0.5, 0.6) is 5.75 Å². The molecule has 1 amide bonds.